The Kier molecular flexibility index (Phi) is 3.33. The van der Waals surface area contributed by atoms with Crippen molar-refractivity contribution in [3.8, 4) is 11.4 Å². The Bertz CT molecular complexity index is 649. The number of nitrogens with zero attached hydrogens (tertiary/aromatic N) is 2. The molecule has 1 aliphatic carbocycles. The molecule has 0 atom stereocenters. The molecule has 104 valence electrons. The minimum absolute atomic E-state index is 0.274. The number of carbonyl (C=O) groups is 1. The summed E-state index contributed by atoms with van der Waals surface area (Å²) in [5, 5.41) is 3.96. The minimum atomic E-state index is -0.715. The number of hydrogen-bond acceptors (Lipinski definition) is 5. The average molecular weight is 337 g/mol. The van der Waals surface area contributed by atoms with Crippen LogP contribution in [0.1, 0.15) is 25.7 Å². The number of benzene rings is 1. The molecule has 0 radical (unpaired) electrons. The molecule has 1 fully saturated rings. The summed E-state index contributed by atoms with van der Waals surface area (Å²) in [6, 6.07) is 7.61. The predicted octanol–water partition coefficient (Wildman–Crippen LogP) is 3.09. The molecule has 0 saturated heterocycles. The van der Waals surface area contributed by atoms with Gasteiger partial charge in [-0.2, -0.15) is 4.98 Å². The Balaban J connectivity index is 1.89. The van der Waals surface area contributed by atoms with Gasteiger partial charge in [0.2, 0.25) is 11.7 Å². The first-order valence-electron chi connectivity index (χ1n) is 6.43. The molecule has 1 aromatic heterocycles. The van der Waals surface area contributed by atoms with Crippen LogP contribution in [0.5, 0.6) is 0 Å². The van der Waals surface area contributed by atoms with Crippen molar-refractivity contribution < 1.29 is 14.1 Å². The molecule has 1 aliphatic rings. The van der Waals surface area contributed by atoms with Gasteiger partial charge in [0.15, 0.2) is 0 Å². The van der Waals surface area contributed by atoms with Crippen LogP contribution in [0.3, 0.4) is 0 Å². The summed E-state index contributed by atoms with van der Waals surface area (Å²) in [6.45, 7) is 2.14. The highest BCUT2D eigenvalue weighted by atomic mass is 79.9. The summed E-state index contributed by atoms with van der Waals surface area (Å²) in [4.78, 5) is 16.3. The third-order valence-electron chi connectivity index (χ3n) is 3.33. The number of carbonyl (C=O) groups excluding carboxylic acids is 1. The number of hydrogen-bond donors (Lipinski definition) is 0. The Morgan fingerprint density at radius 1 is 1.50 bits per heavy atom. The van der Waals surface area contributed by atoms with E-state index in [-0.39, 0.29) is 5.97 Å². The fourth-order valence-electron chi connectivity index (χ4n) is 2.06. The summed E-state index contributed by atoms with van der Waals surface area (Å²) in [5.41, 5.74) is 0.127. The standard InChI is InChI=1S/C14H13BrN2O3/c1-2-19-13(18)14(6-7-14)12-16-11(17-20-12)9-4-3-5-10(15)8-9/h3-5,8H,2,6-7H2,1H3. The molecule has 0 amide bonds. The quantitative estimate of drug-likeness (QED) is 0.802. The molecule has 1 saturated carbocycles. The predicted molar refractivity (Wildman–Crippen MR) is 75.0 cm³/mol. The zero-order valence-electron chi connectivity index (χ0n) is 10.9. The number of rotatable bonds is 4. The van der Waals surface area contributed by atoms with Gasteiger partial charge in [-0.15, -0.1) is 0 Å². The first-order chi connectivity index (χ1) is 9.65. The second-order valence-electron chi connectivity index (χ2n) is 4.74. The molecule has 0 unspecified atom stereocenters. The lowest BCUT2D eigenvalue weighted by molar-refractivity contribution is -0.146. The van der Waals surface area contributed by atoms with Crippen LogP contribution in [0, 0.1) is 0 Å². The number of ether oxygens (including phenoxy) is 1. The summed E-state index contributed by atoms with van der Waals surface area (Å²) in [7, 11) is 0. The van der Waals surface area contributed by atoms with E-state index in [1.807, 2.05) is 24.3 Å². The van der Waals surface area contributed by atoms with Crippen LogP contribution in [0.4, 0.5) is 0 Å². The highest BCUT2D eigenvalue weighted by Crippen LogP contribution is 2.48. The van der Waals surface area contributed by atoms with Crippen molar-refractivity contribution in [2.24, 2.45) is 0 Å². The summed E-state index contributed by atoms with van der Waals surface area (Å²) in [5.74, 6) is 0.562. The van der Waals surface area contributed by atoms with Crippen molar-refractivity contribution in [1.29, 1.82) is 0 Å². The second-order valence-corrected chi connectivity index (χ2v) is 5.65. The smallest absolute Gasteiger partial charge is 0.321 e. The van der Waals surface area contributed by atoms with Gasteiger partial charge in [0.1, 0.15) is 5.41 Å². The van der Waals surface area contributed by atoms with Gasteiger partial charge in [0.05, 0.1) is 6.61 Å². The van der Waals surface area contributed by atoms with E-state index < -0.39 is 5.41 Å². The molecule has 6 heteroatoms. The lowest BCUT2D eigenvalue weighted by atomic mass is 10.1. The van der Waals surface area contributed by atoms with E-state index >= 15 is 0 Å². The minimum Gasteiger partial charge on any atom is -0.465 e. The topological polar surface area (TPSA) is 65.2 Å². The molecule has 0 aliphatic heterocycles. The first-order valence-corrected chi connectivity index (χ1v) is 7.22. The summed E-state index contributed by atoms with van der Waals surface area (Å²) in [6.07, 6.45) is 1.40. The van der Waals surface area contributed by atoms with Gasteiger partial charge in [0.25, 0.3) is 0 Å². The zero-order chi connectivity index (χ0) is 14.2. The van der Waals surface area contributed by atoms with E-state index in [1.165, 1.54) is 0 Å². The molecular weight excluding hydrogens is 324 g/mol. The van der Waals surface area contributed by atoms with Gasteiger partial charge in [-0.05, 0) is 31.9 Å². The molecule has 0 bridgehead atoms. The Labute approximate surface area is 124 Å². The number of halogens is 1. The van der Waals surface area contributed by atoms with Gasteiger partial charge in [-0.3, -0.25) is 4.79 Å². The highest BCUT2D eigenvalue weighted by Gasteiger charge is 2.57. The van der Waals surface area contributed by atoms with Crippen LogP contribution >= 0.6 is 15.9 Å². The van der Waals surface area contributed by atoms with Crippen LogP contribution < -0.4 is 0 Å². The van der Waals surface area contributed by atoms with E-state index in [1.54, 1.807) is 6.92 Å². The van der Waals surface area contributed by atoms with E-state index in [0.717, 1.165) is 10.0 Å². The maximum Gasteiger partial charge on any atom is 0.321 e. The van der Waals surface area contributed by atoms with Crippen LogP contribution in [0.25, 0.3) is 11.4 Å². The first kappa shape index (κ1) is 13.3. The maximum atomic E-state index is 12.0. The van der Waals surface area contributed by atoms with Crippen molar-refractivity contribution in [3.05, 3.63) is 34.6 Å². The van der Waals surface area contributed by atoms with E-state index in [2.05, 4.69) is 26.1 Å². The Morgan fingerprint density at radius 2 is 2.30 bits per heavy atom. The largest absolute Gasteiger partial charge is 0.465 e. The fourth-order valence-corrected chi connectivity index (χ4v) is 2.46. The fraction of sp³-hybridized carbons (Fsp3) is 0.357. The van der Waals surface area contributed by atoms with Gasteiger partial charge in [-0.25, -0.2) is 0 Å². The highest BCUT2D eigenvalue weighted by molar-refractivity contribution is 9.10. The zero-order valence-corrected chi connectivity index (χ0v) is 12.5. The SMILES string of the molecule is CCOC(=O)C1(c2nc(-c3cccc(Br)c3)no2)CC1. The van der Waals surface area contributed by atoms with Crippen molar-refractivity contribution in [1.82, 2.24) is 10.1 Å². The van der Waals surface area contributed by atoms with Crippen molar-refractivity contribution in [2.45, 2.75) is 25.2 Å². The molecule has 0 N–H and O–H groups in total. The normalized spacial score (nSPS) is 15.9. The molecule has 1 aromatic carbocycles. The molecule has 2 aromatic rings. The lowest BCUT2D eigenvalue weighted by Gasteiger charge is -2.07. The molecular formula is C14H13BrN2O3. The van der Waals surface area contributed by atoms with Crippen molar-refractivity contribution in [2.75, 3.05) is 6.61 Å². The van der Waals surface area contributed by atoms with Crippen LogP contribution in [0.15, 0.2) is 33.3 Å². The molecule has 1 heterocycles. The summed E-state index contributed by atoms with van der Waals surface area (Å²) < 4.78 is 11.3. The van der Waals surface area contributed by atoms with Crippen LogP contribution in [-0.4, -0.2) is 22.7 Å². The van der Waals surface area contributed by atoms with Crippen LogP contribution in [0.2, 0.25) is 0 Å². The van der Waals surface area contributed by atoms with E-state index in [4.69, 9.17) is 9.26 Å². The van der Waals surface area contributed by atoms with Crippen LogP contribution in [-0.2, 0) is 14.9 Å². The molecule has 0 spiro atoms. The Hall–Kier alpha value is -1.69. The third-order valence-corrected chi connectivity index (χ3v) is 3.83. The maximum absolute atomic E-state index is 12.0. The molecule has 3 rings (SSSR count). The number of esters is 1. The van der Waals surface area contributed by atoms with Gasteiger partial charge < -0.3 is 9.26 Å². The monoisotopic (exact) mass is 336 g/mol. The third kappa shape index (κ3) is 2.24. The summed E-state index contributed by atoms with van der Waals surface area (Å²) >= 11 is 3.40. The Morgan fingerprint density at radius 3 is 2.95 bits per heavy atom. The van der Waals surface area contributed by atoms with Crippen molar-refractivity contribution in [3.63, 3.8) is 0 Å². The van der Waals surface area contributed by atoms with Gasteiger partial charge in [0, 0.05) is 10.0 Å². The van der Waals surface area contributed by atoms with Gasteiger partial charge in [-0.1, -0.05) is 33.2 Å². The number of aromatic nitrogens is 2. The van der Waals surface area contributed by atoms with Crippen molar-refractivity contribution >= 4 is 21.9 Å². The second kappa shape index (κ2) is 5.01. The van der Waals surface area contributed by atoms with E-state index in [9.17, 15) is 4.79 Å². The lowest BCUT2D eigenvalue weighted by Crippen LogP contribution is -2.23. The molecule has 20 heavy (non-hydrogen) atoms. The average Bonchev–Trinajstić information content (AvgIpc) is 3.10. The van der Waals surface area contributed by atoms with Gasteiger partial charge >= 0.3 is 5.97 Å². The van der Waals surface area contributed by atoms with E-state index in [0.29, 0.717) is 31.2 Å². The molecule has 5 nitrogen and oxygen atoms in total.